The Kier molecular flexibility index (Phi) is 4.47. The van der Waals surface area contributed by atoms with Crippen LogP contribution in [0, 0.1) is 0 Å². The minimum atomic E-state index is 0.542. The van der Waals surface area contributed by atoms with Gasteiger partial charge in [-0.05, 0) is 24.0 Å². The SMILES string of the molecule is CCc1ccc(CCc2nnc(CCN)o2)cc1. The van der Waals surface area contributed by atoms with Crippen molar-refractivity contribution in [2.45, 2.75) is 32.6 Å². The highest BCUT2D eigenvalue weighted by atomic mass is 16.4. The summed E-state index contributed by atoms with van der Waals surface area (Å²) < 4.78 is 5.49. The van der Waals surface area contributed by atoms with Gasteiger partial charge < -0.3 is 10.2 Å². The third-order valence-corrected chi connectivity index (χ3v) is 2.93. The highest BCUT2D eigenvalue weighted by Gasteiger charge is 2.05. The first-order valence-electron chi connectivity index (χ1n) is 6.41. The van der Waals surface area contributed by atoms with Gasteiger partial charge in [0.15, 0.2) is 0 Å². The van der Waals surface area contributed by atoms with Crippen molar-refractivity contribution in [3.8, 4) is 0 Å². The minimum absolute atomic E-state index is 0.542. The first kappa shape index (κ1) is 12.8. The van der Waals surface area contributed by atoms with Crippen LogP contribution in [0.15, 0.2) is 28.7 Å². The van der Waals surface area contributed by atoms with Gasteiger partial charge in [0, 0.05) is 19.4 Å². The molecule has 0 fully saturated rings. The van der Waals surface area contributed by atoms with Crippen molar-refractivity contribution in [3.63, 3.8) is 0 Å². The van der Waals surface area contributed by atoms with Crippen LogP contribution in [-0.2, 0) is 25.7 Å². The summed E-state index contributed by atoms with van der Waals surface area (Å²) in [5.74, 6) is 1.33. The van der Waals surface area contributed by atoms with Crippen LogP contribution < -0.4 is 5.73 Å². The predicted octanol–water partition coefficient (Wildman–Crippen LogP) is 1.92. The maximum absolute atomic E-state index is 5.49. The smallest absolute Gasteiger partial charge is 0.217 e. The first-order chi connectivity index (χ1) is 8.81. The van der Waals surface area contributed by atoms with Crippen LogP contribution in [-0.4, -0.2) is 16.7 Å². The Morgan fingerprint density at radius 2 is 1.56 bits per heavy atom. The van der Waals surface area contributed by atoms with E-state index >= 15 is 0 Å². The van der Waals surface area contributed by atoms with Gasteiger partial charge in [0.1, 0.15) is 0 Å². The van der Waals surface area contributed by atoms with Gasteiger partial charge in [-0.15, -0.1) is 10.2 Å². The van der Waals surface area contributed by atoms with Gasteiger partial charge in [-0.1, -0.05) is 31.2 Å². The molecular formula is C14H19N3O. The lowest BCUT2D eigenvalue weighted by molar-refractivity contribution is 0.450. The van der Waals surface area contributed by atoms with E-state index in [0.29, 0.717) is 24.7 Å². The lowest BCUT2D eigenvalue weighted by atomic mass is 10.1. The summed E-state index contributed by atoms with van der Waals surface area (Å²) in [6, 6.07) is 8.66. The summed E-state index contributed by atoms with van der Waals surface area (Å²) in [4.78, 5) is 0. The van der Waals surface area contributed by atoms with Gasteiger partial charge >= 0.3 is 0 Å². The van der Waals surface area contributed by atoms with Gasteiger partial charge in [-0.2, -0.15) is 0 Å². The number of hydrogen-bond donors (Lipinski definition) is 1. The van der Waals surface area contributed by atoms with Crippen molar-refractivity contribution >= 4 is 0 Å². The molecule has 0 spiro atoms. The number of nitrogens with two attached hydrogens (primary N) is 1. The second-order valence-electron chi connectivity index (χ2n) is 4.30. The minimum Gasteiger partial charge on any atom is -0.425 e. The van der Waals surface area contributed by atoms with Crippen LogP contribution in [0.2, 0.25) is 0 Å². The summed E-state index contributed by atoms with van der Waals surface area (Å²) in [5, 5.41) is 7.96. The zero-order valence-electron chi connectivity index (χ0n) is 10.7. The third-order valence-electron chi connectivity index (χ3n) is 2.93. The molecule has 1 heterocycles. The van der Waals surface area contributed by atoms with E-state index in [1.807, 2.05) is 0 Å². The molecule has 18 heavy (non-hydrogen) atoms. The lowest BCUT2D eigenvalue weighted by Crippen LogP contribution is -2.02. The molecule has 4 heteroatoms. The van der Waals surface area contributed by atoms with E-state index in [2.05, 4.69) is 41.4 Å². The Morgan fingerprint density at radius 1 is 0.944 bits per heavy atom. The Bertz CT molecular complexity index is 476. The number of nitrogens with zero attached hydrogens (tertiary/aromatic N) is 2. The van der Waals surface area contributed by atoms with Gasteiger partial charge in [0.2, 0.25) is 11.8 Å². The molecule has 96 valence electrons. The molecule has 2 aromatic rings. The molecule has 2 N–H and O–H groups in total. The fraction of sp³-hybridized carbons (Fsp3) is 0.429. The molecule has 2 rings (SSSR count). The molecule has 0 unspecified atom stereocenters. The van der Waals surface area contributed by atoms with Crippen molar-refractivity contribution in [2.75, 3.05) is 6.54 Å². The van der Waals surface area contributed by atoms with E-state index in [0.717, 1.165) is 19.3 Å². The molecule has 0 saturated heterocycles. The molecule has 0 bridgehead atoms. The topological polar surface area (TPSA) is 64.9 Å². The van der Waals surface area contributed by atoms with Crippen molar-refractivity contribution in [1.29, 1.82) is 0 Å². The van der Waals surface area contributed by atoms with Crippen molar-refractivity contribution in [1.82, 2.24) is 10.2 Å². The van der Waals surface area contributed by atoms with Gasteiger partial charge in [0.05, 0.1) is 0 Å². The summed E-state index contributed by atoms with van der Waals surface area (Å²) in [7, 11) is 0. The first-order valence-corrected chi connectivity index (χ1v) is 6.41. The Morgan fingerprint density at radius 3 is 2.17 bits per heavy atom. The van der Waals surface area contributed by atoms with Crippen molar-refractivity contribution in [2.24, 2.45) is 5.73 Å². The molecule has 0 atom stereocenters. The molecule has 0 aliphatic rings. The molecule has 4 nitrogen and oxygen atoms in total. The predicted molar refractivity (Wildman–Crippen MR) is 70.3 cm³/mol. The fourth-order valence-electron chi connectivity index (χ4n) is 1.81. The van der Waals surface area contributed by atoms with E-state index in [1.165, 1.54) is 11.1 Å². The zero-order valence-corrected chi connectivity index (χ0v) is 10.7. The second-order valence-corrected chi connectivity index (χ2v) is 4.30. The molecule has 0 radical (unpaired) electrons. The highest BCUT2D eigenvalue weighted by molar-refractivity contribution is 5.22. The van der Waals surface area contributed by atoms with E-state index < -0.39 is 0 Å². The summed E-state index contributed by atoms with van der Waals surface area (Å²) >= 11 is 0. The van der Waals surface area contributed by atoms with Crippen LogP contribution >= 0.6 is 0 Å². The van der Waals surface area contributed by atoms with Gasteiger partial charge in [-0.3, -0.25) is 0 Å². The lowest BCUT2D eigenvalue weighted by Gasteiger charge is -2.00. The normalized spacial score (nSPS) is 10.8. The van der Waals surface area contributed by atoms with Crippen LogP contribution in [0.25, 0.3) is 0 Å². The maximum atomic E-state index is 5.49. The van der Waals surface area contributed by atoms with E-state index in [4.69, 9.17) is 10.2 Å². The summed E-state index contributed by atoms with van der Waals surface area (Å²) in [6.07, 6.45) is 3.43. The maximum Gasteiger partial charge on any atom is 0.217 e. The van der Waals surface area contributed by atoms with E-state index in [-0.39, 0.29) is 0 Å². The Hall–Kier alpha value is -1.68. The molecule has 0 amide bonds. The van der Waals surface area contributed by atoms with Gasteiger partial charge in [-0.25, -0.2) is 0 Å². The third kappa shape index (κ3) is 3.40. The summed E-state index contributed by atoms with van der Waals surface area (Å²) in [5.41, 5.74) is 8.09. The fourth-order valence-corrected chi connectivity index (χ4v) is 1.81. The Labute approximate surface area is 107 Å². The van der Waals surface area contributed by atoms with Crippen molar-refractivity contribution < 1.29 is 4.42 Å². The van der Waals surface area contributed by atoms with Crippen LogP contribution in [0.3, 0.4) is 0 Å². The number of rotatable bonds is 6. The largest absolute Gasteiger partial charge is 0.425 e. The van der Waals surface area contributed by atoms with E-state index in [9.17, 15) is 0 Å². The summed E-state index contributed by atoms with van der Waals surface area (Å²) in [6.45, 7) is 2.70. The van der Waals surface area contributed by atoms with Gasteiger partial charge in [0.25, 0.3) is 0 Å². The number of benzene rings is 1. The molecule has 1 aromatic carbocycles. The number of hydrogen-bond acceptors (Lipinski definition) is 4. The average molecular weight is 245 g/mol. The van der Waals surface area contributed by atoms with E-state index in [1.54, 1.807) is 0 Å². The second kappa shape index (κ2) is 6.31. The van der Waals surface area contributed by atoms with Crippen molar-refractivity contribution in [3.05, 3.63) is 47.2 Å². The Balaban J connectivity index is 1.89. The highest BCUT2D eigenvalue weighted by Crippen LogP contribution is 2.09. The average Bonchev–Trinajstić information content (AvgIpc) is 2.85. The van der Waals surface area contributed by atoms with Crippen LogP contribution in [0.4, 0.5) is 0 Å². The molecule has 1 aromatic heterocycles. The van der Waals surface area contributed by atoms with Crippen LogP contribution in [0.5, 0.6) is 0 Å². The molecular weight excluding hydrogens is 226 g/mol. The van der Waals surface area contributed by atoms with Crippen LogP contribution in [0.1, 0.15) is 29.8 Å². The number of aryl methyl sites for hydroxylation is 3. The molecule has 0 aliphatic carbocycles. The zero-order chi connectivity index (χ0) is 12.8. The quantitative estimate of drug-likeness (QED) is 0.844. The number of aromatic nitrogens is 2. The molecule has 0 saturated carbocycles. The standard InChI is InChI=1S/C14H19N3O/c1-2-11-3-5-12(6-4-11)7-8-13-16-17-14(18-13)9-10-15/h3-6H,2,7-10,15H2,1H3. The monoisotopic (exact) mass is 245 g/mol. The molecule has 0 aliphatic heterocycles.